The molecule has 1 heterocycles. The Kier molecular flexibility index (Phi) is 7.99. The molecule has 1 aliphatic heterocycles. The lowest BCUT2D eigenvalue weighted by Crippen LogP contribution is -2.39. The molecule has 0 aromatic carbocycles. The van der Waals surface area contributed by atoms with E-state index < -0.39 is 0 Å². The van der Waals surface area contributed by atoms with Crippen molar-refractivity contribution in [2.75, 3.05) is 46.9 Å². The lowest BCUT2D eigenvalue weighted by atomic mass is 10.00. The number of nitrogens with zero attached hydrogens (tertiary/aromatic N) is 3. The van der Waals surface area contributed by atoms with Crippen molar-refractivity contribution in [3.05, 3.63) is 0 Å². The van der Waals surface area contributed by atoms with Gasteiger partial charge in [-0.1, -0.05) is 6.42 Å². The van der Waals surface area contributed by atoms with Crippen molar-refractivity contribution in [3.63, 3.8) is 0 Å². The summed E-state index contributed by atoms with van der Waals surface area (Å²) in [5.41, 5.74) is 0. The molecular formula is C14H27N3O. The second-order valence-electron chi connectivity index (χ2n) is 5.16. The van der Waals surface area contributed by atoms with Gasteiger partial charge in [0, 0.05) is 32.7 Å². The molecule has 1 aliphatic rings. The second kappa shape index (κ2) is 9.32. The zero-order valence-corrected chi connectivity index (χ0v) is 11.9. The number of ether oxygens (including phenoxy) is 1. The first-order valence-electron chi connectivity index (χ1n) is 7.06. The van der Waals surface area contributed by atoms with Gasteiger partial charge in [-0.3, -0.25) is 4.90 Å². The molecule has 104 valence electrons. The molecule has 4 nitrogen and oxygen atoms in total. The van der Waals surface area contributed by atoms with E-state index in [4.69, 9.17) is 10.00 Å². The molecule has 1 atom stereocenters. The quantitative estimate of drug-likeness (QED) is 0.660. The summed E-state index contributed by atoms with van der Waals surface area (Å²) in [4.78, 5) is 4.84. The fourth-order valence-electron chi connectivity index (χ4n) is 2.60. The lowest BCUT2D eigenvalue weighted by molar-refractivity contribution is 0.126. The van der Waals surface area contributed by atoms with Crippen molar-refractivity contribution in [1.82, 2.24) is 9.80 Å². The molecule has 1 unspecified atom stereocenters. The van der Waals surface area contributed by atoms with E-state index in [1.165, 1.54) is 32.2 Å². The Bertz CT molecular complexity index is 252. The van der Waals surface area contributed by atoms with Crippen molar-refractivity contribution in [3.8, 4) is 6.07 Å². The van der Waals surface area contributed by atoms with Crippen molar-refractivity contribution in [2.45, 2.75) is 38.1 Å². The summed E-state index contributed by atoms with van der Waals surface area (Å²) in [6.45, 7) is 4.89. The highest BCUT2D eigenvalue weighted by molar-refractivity contribution is 4.77. The van der Waals surface area contributed by atoms with E-state index in [9.17, 15) is 0 Å². The Morgan fingerprint density at radius 2 is 2.17 bits per heavy atom. The van der Waals surface area contributed by atoms with Crippen LogP contribution in [0.1, 0.15) is 32.1 Å². The summed E-state index contributed by atoms with van der Waals surface area (Å²) in [6, 6.07) is 2.96. The zero-order chi connectivity index (χ0) is 13.2. The third-order valence-corrected chi connectivity index (χ3v) is 3.85. The third-order valence-electron chi connectivity index (χ3n) is 3.85. The van der Waals surface area contributed by atoms with E-state index in [-0.39, 0.29) is 0 Å². The molecule has 18 heavy (non-hydrogen) atoms. The highest BCUT2D eigenvalue weighted by Crippen LogP contribution is 2.18. The van der Waals surface area contributed by atoms with Gasteiger partial charge in [-0.25, -0.2) is 0 Å². The van der Waals surface area contributed by atoms with Gasteiger partial charge in [0.05, 0.1) is 12.7 Å². The van der Waals surface area contributed by atoms with Crippen molar-refractivity contribution >= 4 is 0 Å². The predicted octanol–water partition coefficient (Wildman–Crippen LogP) is 1.72. The normalized spacial score (nSPS) is 21.1. The minimum absolute atomic E-state index is 0.615. The predicted molar refractivity (Wildman–Crippen MR) is 73.4 cm³/mol. The molecule has 0 amide bonds. The molecule has 1 fully saturated rings. The molecule has 1 rings (SSSR count). The van der Waals surface area contributed by atoms with Crippen LogP contribution in [0.2, 0.25) is 0 Å². The van der Waals surface area contributed by atoms with Crippen LogP contribution in [0, 0.1) is 11.3 Å². The molecular weight excluding hydrogens is 226 g/mol. The summed E-state index contributed by atoms with van der Waals surface area (Å²) in [5.74, 6) is 0. The van der Waals surface area contributed by atoms with Gasteiger partial charge >= 0.3 is 0 Å². The average Bonchev–Trinajstić information content (AvgIpc) is 2.39. The fourth-order valence-corrected chi connectivity index (χ4v) is 2.60. The van der Waals surface area contributed by atoms with Crippen molar-refractivity contribution < 1.29 is 4.74 Å². The van der Waals surface area contributed by atoms with Crippen LogP contribution in [0.25, 0.3) is 0 Å². The third kappa shape index (κ3) is 5.81. The SMILES string of the molecule is COCCN(CCC#N)CCC1CCCCN1C. The van der Waals surface area contributed by atoms with Gasteiger partial charge in [0.1, 0.15) is 0 Å². The summed E-state index contributed by atoms with van der Waals surface area (Å²) in [6.07, 6.45) is 5.86. The van der Waals surface area contributed by atoms with Crippen LogP contribution in [0.3, 0.4) is 0 Å². The molecule has 0 aromatic heterocycles. The summed E-state index contributed by atoms with van der Waals surface area (Å²) < 4.78 is 5.13. The molecule has 0 N–H and O–H groups in total. The molecule has 4 heteroatoms. The minimum Gasteiger partial charge on any atom is -0.383 e. The average molecular weight is 253 g/mol. The Hall–Kier alpha value is -0.630. The summed E-state index contributed by atoms with van der Waals surface area (Å²) in [5, 5.41) is 8.68. The number of nitriles is 1. The highest BCUT2D eigenvalue weighted by Gasteiger charge is 2.19. The van der Waals surface area contributed by atoms with Crippen LogP contribution in [0.15, 0.2) is 0 Å². The van der Waals surface area contributed by atoms with Crippen LogP contribution >= 0.6 is 0 Å². The van der Waals surface area contributed by atoms with Gasteiger partial charge < -0.3 is 9.64 Å². The summed E-state index contributed by atoms with van der Waals surface area (Å²) >= 11 is 0. The molecule has 0 aromatic rings. The smallest absolute Gasteiger partial charge is 0.0635 e. The minimum atomic E-state index is 0.615. The largest absolute Gasteiger partial charge is 0.383 e. The fraction of sp³-hybridized carbons (Fsp3) is 0.929. The first-order chi connectivity index (χ1) is 8.77. The topological polar surface area (TPSA) is 39.5 Å². The number of hydrogen-bond acceptors (Lipinski definition) is 4. The highest BCUT2D eigenvalue weighted by atomic mass is 16.5. The maximum Gasteiger partial charge on any atom is 0.0635 e. The molecule has 0 radical (unpaired) electrons. The Morgan fingerprint density at radius 1 is 1.33 bits per heavy atom. The standard InChI is InChI=1S/C14H27N3O/c1-16-9-4-3-6-14(16)7-11-17(10-5-8-15)12-13-18-2/h14H,3-7,9-13H2,1-2H3. The molecule has 0 spiro atoms. The number of likely N-dealkylation sites (tertiary alicyclic amines) is 1. The number of piperidine rings is 1. The zero-order valence-electron chi connectivity index (χ0n) is 11.9. The van der Waals surface area contributed by atoms with Crippen LogP contribution in [-0.2, 0) is 4.74 Å². The van der Waals surface area contributed by atoms with Crippen LogP contribution in [-0.4, -0.2) is 62.8 Å². The van der Waals surface area contributed by atoms with E-state index in [2.05, 4.69) is 22.9 Å². The van der Waals surface area contributed by atoms with Gasteiger partial charge in [-0.2, -0.15) is 5.26 Å². The second-order valence-corrected chi connectivity index (χ2v) is 5.16. The Balaban J connectivity index is 2.28. The van der Waals surface area contributed by atoms with E-state index in [1.807, 2.05) is 0 Å². The van der Waals surface area contributed by atoms with Crippen molar-refractivity contribution in [1.29, 1.82) is 5.26 Å². The van der Waals surface area contributed by atoms with Gasteiger partial charge in [-0.15, -0.1) is 0 Å². The number of hydrogen-bond donors (Lipinski definition) is 0. The van der Waals surface area contributed by atoms with Gasteiger partial charge in [0.15, 0.2) is 0 Å². The van der Waals surface area contributed by atoms with E-state index in [0.29, 0.717) is 6.42 Å². The molecule has 0 aliphatic carbocycles. The number of rotatable bonds is 8. The van der Waals surface area contributed by atoms with Gasteiger partial charge in [0.25, 0.3) is 0 Å². The van der Waals surface area contributed by atoms with E-state index in [1.54, 1.807) is 7.11 Å². The molecule has 1 saturated heterocycles. The van der Waals surface area contributed by atoms with Crippen LogP contribution in [0.4, 0.5) is 0 Å². The van der Waals surface area contributed by atoms with E-state index in [0.717, 1.165) is 32.3 Å². The van der Waals surface area contributed by atoms with Gasteiger partial charge in [0.2, 0.25) is 0 Å². The van der Waals surface area contributed by atoms with Gasteiger partial charge in [-0.05, 0) is 39.4 Å². The van der Waals surface area contributed by atoms with Crippen LogP contribution < -0.4 is 0 Å². The van der Waals surface area contributed by atoms with Crippen molar-refractivity contribution in [2.24, 2.45) is 0 Å². The molecule has 0 bridgehead atoms. The maximum atomic E-state index is 8.68. The Morgan fingerprint density at radius 3 is 2.83 bits per heavy atom. The molecule has 0 saturated carbocycles. The monoisotopic (exact) mass is 253 g/mol. The van der Waals surface area contributed by atoms with Crippen LogP contribution in [0.5, 0.6) is 0 Å². The first-order valence-corrected chi connectivity index (χ1v) is 7.06. The summed E-state index contributed by atoms with van der Waals surface area (Å²) in [7, 11) is 3.97. The lowest BCUT2D eigenvalue weighted by Gasteiger charge is -2.34. The Labute approximate surface area is 112 Å². The van der Waals surface area contributed by atoms with E-state index >= 15 is 0 Å². The maximum absolute atomic E-state index is 8.68. The number of methoxy groups -OCH3 is 1. The first kappa shape index (κ1) is 15.4.